The minimum atomic E-state index is -0.321. The van der Waals surface area contributed by atoms with Crippen molar-refractivity contribution in [2.45, 2.75) is 19.7 Å². The smallest absolute Gasteiger partial charge is 0.255 e. The van der Waals surface area contributed by atoms with Crippen molar-refractivity contribution < 1.29 is 14.3 Å². The van der Waals surface area contributed by atoms with E-state index < -0.39 is 0 Å². The number of nitrogens with one attached hydrogen (secondary N) is 2. The molecule has 4 rings (SSSR count). The second-order valence-corrected chi connectivity index (χ2v) is 7.14. The Bertz CT molecular complexity index is 940. The highest BCUT2D eigenvalue weighted by atomic mass is 32.1. The normalized spacial score (nSPS) is 15.4. The molecule has 1 aromatic heterocycles. The molecule has 138 valence electrons. The van der Waals surface area contributed by atoms with E-state index in [-0.39, 0.29) is 12.1 Å². The minimum Gasteiger partial charge on any atom is -0.490 e. The maximum atomic E-state index is 12.4. The molecule has 2 aromatic carbocycles. The summed E-state index contributed by atoms with van der Waals surface area (Å²) in [6, 6.07) is 17.3. The van der Waals surface area contributed by atoms with Crippen LogP contribution in [0.1, 0.15) is 33.9 Å². The van der Waals surface area contributed by atoms with E-state index in [9.17, 15) is 4.79 Å². The van der Waals surface area contributed by atoms with Gasteiger partial charge in [-0.2, -0.15) is 0 Å². The summed E-state index contributed by atoms with van der Waals surface area (Å²) >= 11 is 1.66. The third-order valence-electron chi connectivity index (χ3n) is 4.30. The van der Waals surface area contributed by atoms with Gasteiger partial charge < -0.3 is 20.1 Å². The Morgan fingerprint density at radius 3 is 2.70 bits per heavy atom. The van der Waals surface area contributed by atoms with Crippen LogP contribution in [-0.4, -0.2) is 12.5 Å². The van der Waals surface area contributed by atoms with Crippen molar-refractivity contribution in [2.24, 2.45) is 0 Å². The molecule has 0 bridgehead atoms. The molecule has 1 aliphatic heterocycles. The molecule has 6 heteroatoms. The summed E-state index contributed by atoms with van der Waals surface area (Å²) in [6.45, 7) is 2.97. The van der Waals surface area contributed by atoms with Crippen LogP contribution in [-0.2, 0) is 6.61 Å². The molecule has 0 unspecified atom stereocenters. The van der Waals surface area contributed by atoms with Crippen LogP contribution in [0.25, 0.3) is 0 Å². The summed E-state index contributed by atoms with van der Waals surface area (Å²) in [5.41, 5.74) is 2.38. The van der Waals surface area contributed by atoms with E-state index >= 15 is 0 Å². The van der Waals surface area contributed by atoms with Gasteiger partial charge in [-0.25, -0.2) is 0 Å². The topological polar surface area (TPSA) is 59.6 Å². The van der Waals surface area contributed by atoms with Gasteiger partial charge in [0, 0.05) is 10.6 Å². The quantitative estimate of drug-likeness (QED) is 0.657. The summed E-state index contributed by atoms with van der Waals surface area (Å²) in [7, 11) is 0. The number of para-hydroxylation sites is 1. The molecule has 1 atom stereocenters. The van der Waals surface area contributed by atoms with Gasteiger partial charge in [-0.15, -0.1) is 11.3 Å². The van der Waals surface area contributed by atoms with Gasteiger partial charge in [0.25, 0.3) is 5.91 Å². The van der Waals surface area contributed by atoms with Crippen LogP contribution in [0.15, 0.2) is 60.0 Å². The highest BCUT2D eigenvalue weighted by Crippen LogP contribution is 2.33. The predicted molar refractivity (Wildman–Crippen MR) is 107 cm³/mol. The van der Waals surface area contributed by atoms with E-state index in [4.69, 9.17) is 9.47 Å². The van der Waals surface area contributed by atoms with Gasteiger partial charge in [-0.05, 0) is 48.2 Å². The van der Waals surface area contributed by atoms with E-state index in [2.05, 4.69) is 10.6 Å². The Kier molecular flexibility index (Phi) is 4.98. The number of fused-ring (bicyclic) bond motifs is 1. The summed E-state index contributed by atoms with van der Waals surface area (Å²) in [4.78, 5) is 13.5. The summed E-state index contributed by atoms with van der Waals surface area (Å²) in [5.74, 6) is 1.27. The van der Waals surface area contributed by atoms with Crippen molar-refractivity contribution in [1.29, 1.82) is 0 Å². The number of rotatable bonds is 6. The van der Waals surface area contributed by atoms with Gasteiger partial charge in [0.2, 0.25) is 0 Å². The molecule has 0 radical (unpaired) electrons. The maximum Gasteiger partial charge on any atom is 0.255 e. The zero-order chi connectivity index (χ0) is 18.6. The van der Waals surface area contributed by atoms with Crippen LogP contribution in [0.4, 0.5) is 5.69 Å². The standard InChI is InChI=1S/C21H20N2O3S/c1-2-25-19-12-14(9-10-18(19)26-13-15-6-5-11-27-15)20-22-17-8-4-3-7-16(17)21(24)23-20/h3-12,20,22H,2,13H2,1H3,(H,23,24)/t20-/m0/s1. The van der Waals surface area contributed by atoms with Gasteiger partial charge in [0.05, 0.1) is 12.2 Å². The predicted octanol–water partition coefficient (Wildman–Crippen LogP) is 4.58. The third kappa shape index (κ3) is 3.75. The number of anilines is 1. The van der Waals surface area contributed by atoms with Crippen LogP contribution in [0, 0.1) is 0 Å². The number of hydrogen-bond donors (Lipinski definition) is 2. The van der Waals surface area contributed by atoms with Crippen LogP contribution >= 0.6 is 11.3 Å². The molecule has 0 aliphatic carbocycles. The summed E-state index contributed by atoms with van der Waals surface area (Å²) in [6.07, 6.45) is -0.321. The lowest BCUT2D eigenvalue weighted by Crippen LogP contribution is -2.38. The fraction of sp³-hybridized carbons (Fsp3) is 0.190. The third-order valence-corrected chi connectivity index (χ3v) is 5.15. The molecule has 5 nitrogen and oxygen atoms in total. The fourth-order valence-electron chi connectivity index (χ4n) is 3.01. The number of carbonyl (C=O) groups is 1. The summed E-state index contributed by atoms with van der Waals surface area (Å²) in [5, 5.41) is 8.38. The number of benzene rings is 2. The van der Waals surface area contributed by atoms with Crippen LogP contribution in [0.3, 0.4) is 0 Å². The zero-order valence-electron chi connectivity index (χ0n) is 14.9. The lowest BCUT2D eigenvalue weighted by atomic mass is 10.1. The molecule has 27 heavy (non-hydrogen) atoms. The zero-order valence-corrected chi connectivity index (χ0v) is 15.7. The van der Waals surface area contributed by atoms with Gasteiger partial charge in [-0.3, -0.25) is 4.79 Å². The average molecular weight is 380 g/mol. The second-order valence-electron chi connectivity index (χ2n) is 6.10. The Labute approximate surface area is 161 Å². The lowest BCUT2D eigenvalue weighted by molar-refractivity contribution is 0.0935. The monoisotopic (exact) mass is 380 g/mol. The van der Waals surface area contributed by atoms with Crippen molar-refractivity contribution in [2.75, 3.05) is 11.9 Å². The largest absolute Gasteiger partial charge is 0.490 e. The Morgan fingerprint density at radius 1 is 1.00 bits per heavy atom. The van der Waals surface area contributed by atoms with E-state index in [1.807, 2.05) is 60.8 Å². The number of amides is 1. The van der Waals surface area contributed by atoms with Crippen molar-refractivity contribution in [3.05, 3.63) is 76.0 Å². The molecule has 2 heterocycles. The molecular formula is C21H20N2O3S. The highest BCUT2D eigenvalue weighted by molar-refractivity contribution is 7.09. The molecule has 3 aromatic rings. The number of carbonyl (C=O) groups excluding carboxylic acids is 1. The summed E-state index contributed by atoms with van der Waals surface area (Å²) < 4.78 is 11.7. The average Bonchev–Trinajstić information content (AvgIpc) is 3.21. The maximum absolute atomic E-state index is 12.4. The van der Waals surface area contributed by atoms with Crippen molar-refractivity contribution in [3.8, 4) is 11.5 Å². The Hall–Kier alpha value is -2.99. The molecular weight excluding hydrogens is 360 g/mol. The van der Waals surface area contributed by atoms with Crippen LogP contribution in [0.2, 0.25) is 0 Å². The van der Waals surface area contributed by atoms with E-state index in [0.29, 0.717) is 30.3 Å². The van der Waals surface area contributed by atoms with Gasteiger partial charge in [0.15, 0.2) is 11.5 Å². The van der Waals surface area contributed by atoms with Crippen LogP contribution in [0.5, 0.6) is 11.5 Å². The first-order chi connectivity index (χ1) is 13.2. The first kappa shape index (κ1) is 17.4. The van der Waals surface area contributed by atoms with Crippen LogP contribution < -0.4 is 20.1 Å². The minimum absolute atomic E-state index is 0.0923. The van der Waals surface area contributed by atoms with Gasteiger partial charge >= 0.3 is 0 Å². The fourth-order valence-corrected chi connectivity index (χ4v) is 3.63. The second kappa shape index (κ2) is 7.72. The SMILES string of the molecule is CCOc1cc([C@@H]2NC(=O)c3ccccc3N2)ccc1OCc1cccs1. The molecule has 0 spiro atoms. The van der Waals surface area contributed by atoms with E-state index in [0.717, 1.165) is 16.1 Å². The number of ether oxygens (including phenoxy) is 2. The molecule has 1 aliphatic rings. The highest BCUT2D eigenvalue weighted by Gasteiger charge is 2.25. The molecule has 1 amide bonds. The molecule has 0 saturated carbocycles. The van der Waals surface area contributed by atoms with E-state index in [1.54, 1.807) is 17.4 Å². The number of hydrogen-bond acceptors (Lipinski definition) is 5. The molecule has 0 saturated heterocycles. The van der Waals surface area contributed by atoms with Crippen molar-refractivity contribution >= 4 is 22.9 Å². The first-order valence-electron chi connectivity index (χ1n) is 8.83. The molecule has 0 fully saturated rings. The number of thiophene rings is 1. The van der Waals surface area contributed by atoms with Crippen molar-refractivity contribution in [3.63, 3.8) is 0 Å². The van der Waals surface area contributed by atoms with Gasteiger partial charge in [0.1, 0.15) is 12.8 Å². The lowest BCUT2D eigenvalue weighted by Gasteiger charge is -2.28. The van der Waals surface area contributed by atoms with Gasteiger partial charge in [-0.1, -0.05) is 24.3 Å². The first-order valence-corrected chi connectivity index (χ1v) is 9.71. The Morgan fingerprint density at radius 2 is 1.89 bits per heavy atom. The van der Waals surface area contributed by atoms with Crippen molar-refractivity contribution in [1.82, 2.24) is 5.32 Å². The molecule has 2 N–H and O–H groups in total. The van der Waals surface area contributed by atoms with E-state index in [1.165, 1.54) is 0 Å². The Balaban J connectivity index is 1.56.